The van der Waals surface area contributed by atoms with Crippen LogP contribution in [0.1, 0.15) is 5.56 Å². The van der Waals surface area contributed by atoms with Crippen LogP contribution in [0, 0.1) is 0 Å². The number of nitrogens with one attached hydrogen (secondary N) is 1. The van der Waals surface area contributed by atoms with Crippen LogP contribution in [-0.4, -0.2) is 46.6 Å². The fraction of sp³-hybridized carbons (Fsp3) is 0.417. The van der Waals surface area contributed by atoms with Gasteiger partial charge < -0.3 is 20.6 Å². The first-order chi connectivity index (χ1) is 8.13. The van der Waals surface area contributed by atoms with E-state index in [-0.39, 0.29) is 13.2 Å². The summed E-state index contributed by atoms with van der Waals surface area (Å²) in [7, 11) is 0. The van der Waals surface area contributed by atoms with Crippen LogP contribution in [0.5, 0.6) is 0 Å². The Kier molecular flexibility index (Phi) is 5.62. The van der Waals surface area contributed by atoms with Gasteiger partial charge in [0.05, 0.1) is 12.7 Å². The van der Waals surface area contributed by atoms with E-state index in [2.05, 4.69) is 5.32 Å². The second-order valence-electron chi connectivity index (χ2n) is 3.83. The second-order valence-corrected chi connectivity index (χ2v) is 3.83. The van der Waals surface area contributed by atoms with Crippen molar-refractivity contribution < 1.29 is 20.1 Å². The Balaban J connectivity index is 2.52. The van der Waals surface area contributed by atoms with Crippen LogP contribution in [0.4, 0.5) is 0 Å². The van der Waals surface area contributed by atoms with Crippen molar-refractivity contribution in [2.24, 2.45) is 0 Å². The first kappa shape index (κ1) is 13.6. The van der Waals surface area contributed by atoms with Gasteiger partial charge in [-0.05, 0) is 12.0 Å². The highest BCUT2D eigenvalue weighted by atomic mass is 16.4. The predicted molar refractivity (Wildman–Crippen MR) is 62.7 cm³/mol. The molecule has 0 saturated carbocycles. The summed E-state index contributed by atoms with van der Waals surface area (Å²) < 4.78 is 0. The number of aliphatic carboxylic acids is 1. The normalized spacial score (nSPS) is 14.2. The number of carboxylic acids is 1. The first-order valence-electron chi connectivity index (χ1n) is 5.42. The fourth-order valence-corrected chi connectivity index (χ4v) is 1.44. The van der Waals surface area contributed by atoms with E-state index in [0.29, 0.717) is 6.42 Å². The minimum Gasteiger partial charge on any atom is -0.480 e. The van der Waals surface area contributed by atoms with Crippen molar-refractivity contribution in [2.45, 2.75) is 18.6 Å². The molecule has 1 rings (SSSR count). The maximum absolute atomic E-state index is 11.0. The average molecular weight is 239 g/mol. The monoisotopic (exact) mass is 239 g/mol. The van der Waals surface area contributed by atoms with Gasteiger partial charge >= 0.3 is 5.97 Å². The topological polar surface area (TPSA) is 89.8 Å². The van der Waals surface area contributed by atoms with Crippen LogP contribution in [-0.2, 0) is 11.2 Å². The van der Waals surface area contributed by atoms with Gasteiger partial charge in [-0.25, -0.2) is 0 Å². The summed E-state index contributed by atoms with van der Waals surface area (Å²) in [5.41, 5.74) is 0.908. The van der Waals surface area contributed by atoms with E-state index in [0.717, 1.165) is 5.56 Å². The standard InChI is InChI=1S/C12H17NO4/c14-8-10(15)7-13-11(12(16)17)6-9-4-2-1-3-5-9/h1-5,10-11,13-15H,6-8H2,(H,16,17)/t10?,11-/m0/s1. The molecule has 0 amide bonds. The molecule has 0 aliphatic carbocycles. The third-order valence-corrected chi connectivity index (χ3v) is 2.39. The van der Waals surface area contributed by atoms with Crippen molar-refractivity contribution in [3.63, 3.8) is 0 Å². The SMILES string of the molecule is O=C(O)[C@H](Cc1ccccc1)NCC(O)CO. The lowest BCUT2D eigenvalue weighted by molar-refractivity contribution is -0.139. The van der Waals surface area contributed by atoms with Crippen molar-refractivity contribution >= 4 is 5.97 Å². The lowest BCUT2D eigenvalue weighted by Gasteiger charge is -2.16. The Bertz CT molecular complexity index is 342. The van der Waals surface area contributed by atoms with E-state index in [4.69, 9.17) is 15.3 Å². The van der Waals surface area contributed by atoms with Gasteiger partial charge in [-0.1, -0.05) is 30.3 Å². The molecule has 0 bridgehead atoms. The van der Waals surface area contributed by atoms with Crippen LogP contribution in [0.25, 0.3) is 0 Å². The van der Waals surface area contributed by atoms with E-state index in [1.807, 2.05) is 30.3 Å². The molecule has 0 saturated heterocycles. The largest absolute Gasteiger partial charge is 0.480 e. The van der Waals surface area contributed by atoms with Crippen molar-refractivity contribution in [3.05, 3.63) is 35.9 Å². The molecular weight excluding hydrogens is 222 g/mol. The van der Waals surface area contributed by atoms with Gasteiger partial charge in [0.25, 0.3) is 0 Å². The molecule has 0 heterocycles. The maximum Gasteiger partial charge on any atom is 0.321 e. The minimum atomic E-state index is -0.973. The van der Waals surface area contributed by atoms with Crippen molar-refractivity contribution in [3.8, 4) is 0 Å². The molecule has 1 aromatic carbocycles. The van der Waals surface area contributed by atoms with Gasteiger partial charge in [0.2, 0.25) is 0 Å². The maximum atomic E-state index is 11.0. The molecule has 5 nitrogen and oxygen atoms in total. The van der Waals surface area contributed by atoms with E-state index >= 15 is 0 Å². The molecule has 5 heteroatoms. The van der Waals surface area contributed by atoms with Gasteiger partial charge in [-0.2, -0.15) is 0 Å². The number of aliphatic hydroxyl groups excluding tert-OH is 2. The number of carbonyl (C=O) groups is 1. The molecule has 94 valence electrons. The third kappa shape index (κ3) is 4.95. The zero-order chi connectivity index (χ0) is 12.7. The highest BCUT2D eigenvalue weighted by Crippen LogP contribution is 2.03. The van der Waals surface area contributed by atoms with Crippen molar-refractivity contribution in [1.29, 1.82) is 0 Å². The number of aliphatic hydroxyl groups is 2. The Morgan fingerprint density at radius 3 is 2.47 bits per heavy atom. The van der Waals surface area contributed by atoms with Gasteiger partial charge in [0, 0.05) is 6.54 Å². The lowest BCUT2D eigenvalue weighted by atomic mass is 10.1. The van der Waals surface area contributed by atoms with Gasteiger partial charge in [-0.3, -0.25) is 4.79 Å². The van der Waals surface area contributed by atoms with Crippen LogP contribution in [0.15, 0.2) is 30.3 Å². The molecule has 1 unspecified atom stereocenters. The molecule has 0 fully saturated rings. The highest BCUT2D eigenvalue weighted by molar-refractivity contribution is 5.73. The fourth-order valence-electron chi connectivity index (χ4n) is 1.44. The van der Waals surface area contributed by atoms with Crippen LogP contribution in [0.3, 0.4) is 0 Å². The average Bonchev–Trinajstić information content (AvgIpc) is 2.34. The summed E-state index contributed by atoms with van der Waals surface area (Å²) in [6, 6.07) is 8.48. The van der Waals surface area contributed by atoms with E-state index < -0.39 is 18.1 Å². The van der Waals surface area contributed by atoms with Gasteiger partial charge in [0.15, 0.2) is 0 Å². The third-order valence-electron chi connectivity index (χ3n) is 2.39. The van der Waals surface area contributed by atoms with Gasteiger partial charge in [-0.15, -0.1) is 0 Å². The Morgan fingerprint density at radius 2 is 1.94 bits per heavy atom. The molecule has 4 N–H and O–H groups in total. The smallest absolute Gasteiger partial charge is 0.321 e. The van der Waals surface area contributed by atoms with E-state index in [1.54, 1.807) is 0 Å². The van der Waals surface area contributed by atoms with Crippen LogP contribution < -0.4 is 5.32 Å². The number of carboxylic acid groups (broad SMARTS) is 1. The van der Waals surface area contributed by atoms with Gasteiger partial charge in [0.1, 0.15) is 6.04 Å². The zero-order valence-electron chi connectivity index (χ0n) is 9.41. The van der Waals surface area contributed by atoms with E-state index in [9.17, 15) is 4.79 Å². The number of rotatable bonds is 7. The Labute approximate surface area is 99.7 Å². The molecule has 0 aliphatic heterocycles. The van der Waals surface area contributed by atoms with Crippen molar-refractivity contribution in [1.82, 2.24) is 5.32 Å². The molecular formula is C12H17NO4. The molecule has 0 aromatic heterocycles. The summed E-state index contributed by atoms with van der Waals surface area (Å²) in [6.45, 7) is -0.328. The number of hydrogen-bond acceptors (Lipinski definition) is 4. The summed E-state index contributed by atoms with van der Waals surface area (Å²) in [5.74, 6) is -0.973. The first-order valence-corrected chi connectivity index (χ1v) is 5.42. The van der Waals surface area contributed by atoms with Crippen molar-refractivity contribution in [2.75, 3.05) is 13.2 Å². The molecule has 17 heavy (non-hydrogen) atoms. The highest BCUT2D eigenvalue weighted by Gasteiger charge is 2.18. The molecule has 0 spiro atoms. The summed E-state index contributed by atoms with van der Waals surface area (Å²) in [4.78, 5) is 11.0. The molecule has 2 atom stereocenters. The minimum absolute atomic E-state index is 0.0559. The summed E-state index contributed by atoms with van der Waals surface area (Å²) >= 11 is 0. The van der Waals surface area contributed by atoms with E-state index in [1.165, 1.54) is 0 Å². The quantitative estimate of drug-likeness (QED) is 0.521. The summed E-state index contributed by atoms with van der Waals surface area (Å²) in [6.07, 6.45) is -0.596. The molecule has 0 radical (unpaired) electrons. The number of hydrogen-bond donors (Lipinski definition) is 4. The Hall–Kier alpha value is -1.43. The summed E-state index contributed by atoms with van der Waals surface area (Å²) in [5, 5.41) is 29.5. The Morgan fingerprint density at radius 1 is 1.29 bits per heavy atom. The molecule has 0 aliphatic rings. The van der Waals surface area contributed by atoms with Crippen LogP contribution >= 0.6 is 0 Å². The number of benzene rings is 1. The lowest BCUT2D eigenvalue weighted by Crippen LogP contribution is -2.43. The van der Waals surface area contributed by atoms with Crippen LogP contribution in [0.2, 0.25) is 0 Å². The molecule has 1 aromatic rings. The second kappa shape index (κ2) is 7.01. The predicted octanol–water partition coefficient (Wildman–Crippen LogP) is -0.375. The zero-order valence-corrected chi connectivity index (χ0v) is 9.41.